The van der Waals surface area contributed by atoms with Crippen LogP contribution < -0.4 is 5.32 Å². The molecule has 0 bridgehead atoms. The molecule has 2 rings (SSSR count). The van der Waals surface area contributed by atoms with Crippen LogP contribution in [-0.4, -0.2) is 11.0 Å². The number of aryl methyl sites for hydroxylation is 1. The molecule has 2 N–H and O–H groups in total. The summed E-state index contributed by atoms with van der Waals surface area (Å²) in [6, 6.07) is 4.95. The Labute approximate surface area is 94.8 Å². The van der Waals surface area contributed by atoms with E-state index in [4.69, 9.17) is 0 Å². The van der Waals surface area contributed by atoms with Gasteiger partial charge in [0.25, 0.3) is 0 Å². The Hall–Kier alpha value is -1.77. The molecular formula is C13H15NO2. The van der Waals surface area contributed by atoms with Crippen molar-refractivity contribution in [3.8, 4) is 5.75 Å². The van der Waals surface area contributed by atoms with Crippen molar-refractivity contribution in [2.24, 2.45) is 5.92 Å². The summed E-state index contributed by atoms with van der Waals surface area (Å²) in [5.74, 6) is 0.338. The van der Waals surface area contributed by atoms with Gasteiger partial charge in [0.05, 0.1) is 0 Å². The first-order valence-electron chi connectivity index (χ1n) is 5.42. The zero-order chi connectivity index (χ0) is 11.5. The van der Waals surface area contributed by atoms with Crippen molar-refractivity contribution in [1.29, 1.82) is 0 Å². The number of phenolic OH excluding ortho intramolecular Hbond substituents is 1. The average molecular weight is 217 g/mol. The molecule has 84 valence electrons. The number of benzene rings is 1. The van der Waals surface area contributed by atoms with Gasteiger partial charge in [-0.05, 0) is 43.5 Å². The van der Waals surface area contributed by atoms with Crippen LogP contribution in [0.3, 0.4) is 0 Å². The third-order valence-corrected chi connectivity index (χ3v) is 2.85. The first-order chi connectivity index (χ1) is 7.66. The monoisotopic (exact) mass is 217 g/mol. The number of phenols is 1. The summed E-state index contributed by atoms with van der Waals surface area (Å²) < 4.78 is 0. The lowest BCUT2D eigenvalue weighted by molar-refractivity contribution is -0.119. The summed E-state index contributed by atoms with van der Waals surface area (Å²) >= 11 is 0. The lowest BCUT2D eigenvalue weighted by Crippen LogP contribution is -2.20. The van der Waals surface area contributed by atoms with Crippen LogP contribution in [0.4, 0.5) is 5.69 Å². The van der Waals surface area contributed by atoms with E-state index in [2.05, 4.69) is 5.32 Å². The summed E-state index contributed by atoms with van der Waals surface area (Å²) in [4.78, 5) is 11.8. The van der Waals surface area contributed by atoms with Gasteiger partial charge in [0, 0.05) is 11.6 Å². The number of nitrogens with one attached hydrogen (secondary N) is 1. The molecule has 1 aromatic carbocycles. The Morgan fingerprint density at radius 2 is 2.06 bits per heavy atom. The molecule has 3 heteroatoms. The van der Waals surface area contributed by atoms with Crippen LogP contribution in [0.15, 0.2) is 30.4 Å². The first kappa shape index (κ1) is 10.7. The smallest absolute Gasteiger partial charge is 0.228 e. The second-order valence-electron chi connectivity index (χ2n) is 4.13. The molecule has 1 aromatic rings. The molecule has 0 radical (unpaired) electrons. The van der Waals surface area contributed by atoms with Gasteiger partial charge in [0.1, 0.15) is 5.75 Å². The van der Waals surface area contributed by atoms with Crippen LogP contribution in [0.2, 0.25) is 0 Å². The van der Waals surface area contributed by atoms with E-state index in [0.29, 0.717) is 0 Å². The van der Waals surface area contributed by atoms with Crippen molar-refractivity contribution >= 4 is 11.6 Å². The summed E-state index contributed by atoms with van der Waals surface area (Å²) in [6.45, 7) is 1.86. The number of carbonyl (C=O) groups is 1. The summed E-state index contributed by atoms with van der Waals surface area (Å²) in [5.41, 5.74) is 1.65. The SMILES string of the molecule is Cc1cc(O)ccc1NC(=O)C1CC=CC1. The molecule has 1 aliphatic rings. The van der Waals surface area contributed by atoms with Gasteiger partial charge in [-0.3, -0.25) is 4.79 Å². The Balaban J connectivity index is 2.06. The molecule has 0 saturated carbocycles. The lowest BCUT2D eigenvalue weighted by Gasteiger charge is -2.12. The van der Waals surface area contributed by atoms with Crippen LogP contribution in [0, 0.1) is 12.8 Å². The number of carbonyl (C=O) groups excluding carboxylic acids is 1. The second-order valence-corrected chi connectivity index (χ2v) is 4.13. The maximum atomic E-state index is 11.8. The third kappa shape index (κ3) is 2.24. The zero-order valence-corrected chi connectivity index (χ0v) is 9.23. The molecule has 0 unspecified atom stereocenters. The topological polar surface area (TPSA) is 49.3 Å². The highest BCUT2D eigenvalue weighted by atomic mass is 16.3. The van der Waals surface area contributed by atoms with E-state index in [1.165, 1.54) is 0 Å². The van der Waals surface area contributed by atoms with Crippen molar-refractivity contribution in [2.75, 3.05) is 5.32 Å². The second kappa shape index (κ2) is 4.39. The fourth-order valence-corrected chi connectivity index (χ4v) is 1.85. The molecule has 0 atom stereocenters. The van der Waals surface area contributed by atoms with Crippen LogP contribution in [0.1, 0.15) is 18.4 Å². The quantitative estimate of drug-likeness (QED) is 0.591. The fourth-order valence-electron chi connectivity index (χ4n) is 1.85. The number of aromatic hydroxyl groups is 1. The Morgan fingerprint density at radius 3 is 2.69 bits per heavy atom. The number of allylic oxidation sites excluding steroid dienone is 2. The van der Waals surface area contributed by atoms with E-state index >= 15 is 0 Å². The number of amides is 1. The van der Waals surface area contributed by atoms with E-state index in [1.54, 1.807) is 18.2 Å². The lowest BCUT2D eigenvalue weighted by atomic mass is 10.1. The van der Waals surface area contributed by atoms with Crippen molar-refractivity contribution < 1.29 is 9.90 Å². The molecule has 0 heterocycles. The maximum absolute atomic E-state index is 11.8. The van der Waals surface area contributed by atoms with E-state index in [1.807, 2.05) is 19.1 Å². The van der Waals surface area contributed by atoms with Gasteiger partial charge in [0.2, 0.25) is 5.91 Å². The van der Waals surface area contributed by atoms with Crippen molar-refractivity contribution in [3.05, 3.63) is 35.9 Å². The van der Waals surface area contributed by atoms with Gasteiger partial charge in [-0.15, -0.1) is 0 Å². The van der Waals surface area contributed by atoms with Gasteiger partial charge in [-0.1, -0.05) is 12.2 Å². The highest BCUT2D eigenvalue weighted by Crippen LogP contribution is 2.23. The summed E-state index contributed by atoms with van der Waals surface area (Å²) in [7, 11) is 0. The number of hydrogen-bond donors (Lipinski definition) is 2. The highest BCUT2D eigenvalue weighted by Gasteiger charge is 2.19. The van der Waals surface area contributed by atoms with Crippen LogP contribution in [0.25, 0.3) is 0 Å². The Kier molecular flexibility index (Phi) is 2.95. The molecule has 1 amide bonds. The highest BCUT2D eigenvalue weighted by molar-refractivity contribution is 5.93. The Morgan fingerprint density at radius 1 is 1.38 bits per heavy atom. The molecule has 3 nitrogen and oxygen atoms in total. The van der Waals surface area contributed by atoms with Crippen molar-refractivity contribution in [1.82, 2.24) is 0 Å². The minimum atomic E-state index is 0.0544. The Bertz CT molecular complexity index is 430. The van der Waals surface area contributed by atoms with E-state index in [9.17, 15) is 9.90 Å². The molecule has 0 aliphatic heterocycles. The molecule has 1 aliphatic carbocycles. The summed E-state index contributed by atoms with van der Waals surface area (Å²) in [6.07, 6.45) is 5.72. The number of hydrogen-bond acceptors (Lipinski definition) is 2. The largest absolute Gasteiger partial charge is 0.508 e. The zero-order valence-electron chi connectivity index (χ0n) is 9.23. The number of anilines is 1. The molecular weight excluding hydrogens is 202 g/mol. The van der Waals surface area contributed by atoms with Crippen molar-refractivity contribution in [2.45, 2.75) is 19.8 Å². The van der Waals surface area contributed by atoms with Gasteiger partial charge in [-0.25, -0.2) is 0 Å². The molecule has 0 fully saturated rings. The minimum absolute atomic E-state index is 0.0544. The van der Waals surface area contributed by atoms with Crippen molar-refractivity contribution in [3.63, 3.8) is 0 Å². The predicted octanol–water partition coefficient (Wildman–Crippen LogP) is 2.61. The predicted molar refractivity (Wildman–Crippen MR) is 63.3 cm³/mol. The normalized spacial score (nSPS) is 15.3. The van der Waals surface area contributed by atoms with Crippen LogP contribution in [0.5, 0.6) is 5.75 Å². The maximum Gasteiger partial charge on any atom is 0.228 e. The fraction of sp³-hybridized carbons (Fsp3) is 0.308. The summed E-state index contributed by atoms with van der Waals surface area (Å²) in [5, 5.41) is 12.1. The molecule has 0 saturated heterocycles. The first-order valence-corrected chi connectivity index (χ1v) is 5.42. The molecule has 16 heavy (non-hydrogen) atoms. The van der Waals surface area contributed by atoms with Crippen LogP contribution in [-0.2, 0) is 4.79 Å². The van der Waals surface area contributed by atoms with E-state index in [-0.39, 0.29) is 17.6 Å². The van der Waals surface area contributed by atoms with Crippen LogP contribution >= 0.6 is 0 Å². The van der Waals surface area contributed by atoms with Gasteiger partial charge in [0.15, 0.2) is 0 Å². The molecule has 0 aromatic heterocycles. The van der Waals surface area contributed by atoms with Gasteiger partial charge < -0.3 is 10.4 Å². The standard InChI is InChI=1S/C13H15NO2/c1-9-8-11(15)6-7-12(9)14-13(16)10-4-2-3-5-10/h2-3,6-8,10,15H,4-5H2,1H3,(H,14,16). The minimum Gasteiger partial charge on any atom is -0.508 e. The average Bonchev–Trinajstić information content (AvgIpc) is 2.75. The molecule has 0 spiro atoms. The van der Waals surface area contributed by atoms with E-state index < -0.39 is 0 Å². The third-order valence-electron chi connectivity index (χ3n) is 2.85. The van der Waals surface area contributed by atoms with E-state index in [0.717, 1.165) is 24.1 Å². The number of rotatable bonds is 2. The van der Waals surface area contributed by atoms with Gasteiger partial charge in [-0.2, -0.15) is 0 Å². The van der Waals surface area contributed by atoms with Gasteiger partial charge >= 0.3 is 0 Å².